The van der Waals surface area contributed by atoms with Crippen molar-refractivity contribution in [3.63, 3.8) is 0 Å². The van der Waals surface area contributed by atoms with E-state index in [1.54, 1.807) is 10.8 Å². The van der Waals surface area contributed by atoms with Crippen molar-refractivity contribution in [1.82, 2.24) is 24.8 Å². The Hall–Kier alpha value is -2.84. The highest BCUT2D eigenvalue weighted by atomic mass is 16.6. The number of nitrogens with one attached hydrogen (secondary N) is 1. The highest BCUT2D eigenvalue weighted by Gasteiger charge is 2.24. The molecule has 0 atom stereocenters. The Balaban J connectivity index is 1.62. The van der Waals surface area contributed by atoms with Gasteiger partial charge in [-0.05, 0) is 66.2 Å². The zero-order chi connectivity index (χ0) is 21.9. The zero-order valence-corrected chi connectivity index (χ0v) is 18.3. The fraction of sp³-hybridized carbons (Fsp3) is 0.619. The molecule has 2 aromatic heterocycles. The Bertz CT molecular complexity index is 984. The molecule has 30 heavy (non-hydrogen) atoms. The topological polar surface area (TPSA) is 111 Å². The van der Waals surface area contributed by atoms with Gasteiger partial charge < -0.3 is 10.1 Å². The first-order valence-corrected chi connectivity index (χ1v) is 10.4. The van der Waals surface area contributed by atoms with Gasteiger partial charge >= 0.3 is 6.09 Å². The second-order valence-electron chi connectivity index (χ2n) is 8.98. The molecule has 1 fully saturated rings. The van der Waals surface area contributed by atoms with E-state index in [0.717, 1.165) is 25.7 Å². The van der Waals surface area contributed by atoms with Crippen molar-refractivity contribution in [1.29, 1.82) is 0 Å². The Labute approximate surface area is 176 Å². The van der Waals surface area contributed by atoms with Gasteiger partial charge in [-0.1, -0.05) is 0 Å². The van der Waals surface area contributed by atoms with Crippen LogP contribution in [0.25, 0.3) is 11.2 Å². The van der Waals surface area contributed by atoms with E-state index in [1.165, 1.54) is 6.20 Å². The van der Waals surface area contributed by atoms with Crippen LogP contribution in [0.3, 0.4) is 0 Å². The monoisotopic (exact) mass is 414 g/mol. The highest BCUT2D eigenvalue weighted by molar-refractivity contribution is 5.71. The third kappa shape index (κ3) is 5.61. The molecular weight excluding hydrogens is 384 g/mol. The summed E-state index contributed by atoms with van der Waals surface area (Å²) in [6.07, 6.45) is 7.95. The first-order chi connectivity index (χ1) is 14.1. The predicted octanol–water partition coefficient (Wildman–Crippen LogP) is 3.55. The number of fused-ring (bicyclic) bond motifs is 1. The van der Waals surface area contributed by atoms with Gasteiger partial charge in [0.25, 0.3) is 11.5 Å². The molecule has 0 unspecified atom stereocenters. The Morgan fingerprint density at radius 2 is 1.93 bits per heavy atom. The molecule has 1 aliphatic carbocycles. The number of rotatable bonds is 4. The van der Waals surface area contributed by atoms with Crippen molar-refractivity contribution in [3.05, 3.63) is 22.7 Å². The van der Waals surface area contributed by atoms with E-state index in [2.05, 4.69) is 25.3 Å². The molecule has 3 rings (SSSR count). The highest BCUT2D eigenvalue weighted by Crippen LogP contribution is 2.24. The summed E-state index contributed by atoms with van der Waals surface area (Å²) in [5, 5.41) is 2.94. The van der Waals surface area contributed by atoms with E-state index >= 15 is 0 Å². The standard InChI is InChI=1S/C21H30N6O3/c1-13(2)27-17(28)12-22-16-11-24-19(26-18(16)27)23-10-14-6-8-15(9-7-14)25-20(29)30-21(3,4)5/h10-15H,6-9H2,1-5H3,(H,25,29). The smallest absolute Gasteiger partial charge is 0.407 e. The van der Waals surface area contributed by atoms with Crippen LogP contribution in [0.4, 0.5) is 10.7 Å². The summed E-state index contributed by atoms with van der Waals surface area (Å²) in [4.78, 5) is 41.3. The maximum Gasteiger partial charge on any atom is 0.407 e. The van der Waals surface area contributed by atoms with Crippen molar-refractivity contribution in [3.8, 4) is 0 Å². The molecule has 1 saturated carbocycles. The predicted molar refractivity (Wildman–Crippen MR) is 115 cm³/mol. The third-order valence-corrected chi connectivity index (χ3v) is 4.93. The summed E-state index contributed by atoms with van der Waals surface area (Å²) in [5.41, 5.74) is 0.368. The first kappa shape index (κ1) is 21.9. The van der Waals surface area contributed by atoms with E-state index in [-0.39, 0.29) is 23.7 Å². The van der Waals surface area contributed by atoms with Gasteiger partial charge in [-0.2, -0.15) is 4.98 Å². The van der Waals surface area contributed by atoms with E-state index in [1.807, 2.05) is 40.8 Å². The number of ether oxygens (including phenoxy) is 1. The van der Waals surface area contributed by atoms with Crippen LogP contribution in [0.15, 0.2) is 22.2 Å². The molecule has 9 heteroatoms. The molecule has 1 aliphatic rings. The van der Waals surface area contributed by atoms with Crippen molar-refractivity contribution in [2.75, 3.05) is 0 Å². The number of aliphatic imine (C=N–C) groups is 1. The van der Waals surface area contributed by atoms with Crippen LogP contribution in [0.2, 0.25) is 0 Å². The number of hydrogen-bond acceptors (Lipinski definition) is 7. The number of hydrogen-bond donors (Lipinski definition) is 1. The zero-order valence-electron chi connectivity index (χ0n) is 18.3. The molecule has 9 nitrogen and oxygen atoms in total. The van der Waals surface area contributed by atoms with Crippen LogP contribution in [-0.4, -0.2) is 43.5 Å². The normalized spacial score (nSPS) is 20.1. The maximum absolute atomic E-state index is 12.1. The number of alkyl carbamates (subject to hydrolysis) is 1. The van der Waals surface area contributed by atoms with Crippen molar-refractivity contribution in [2.24, 2.45) is 10.9 Å². The Kier molecular flexibility index (Phi) is 6.48. The summed E-state index contributed by atoms with van der Waals surface area (Å²) in [7, 11) is 0. The van der Waals surface area contributed by atoms with Gasteiger partial charge in [-0.15, -0.1) is 0 Å². The fourth-order valence-corrected chi connectivity index (χ4v) is 3.54. The number of carbonyl (C=O) groups is 1. The average Bonchev–Trinajstić information content (AvgIpc) is 2.65. The van der Waals surface area contributed by atoms with Crippen LogP contribution >= 0.6 is 0 Å². The first-order valence-electron chi connectivity index (χ1n) is 10.4. The van der Waals surface area contributed by atoms with Crippen molar-refractivity contribution >= 4 is 29.4 Å². The third-order valence-electron chi connectivity index (χ3n) is 4.93. The molecule has 0 spiro atoms. The largest absolute Gasteiger partial charge is 0.444 e. The van der Waals surface area contributed by atoms with Gasteiger partial charge in [0.1, 0.15) is 11.1 Å². The lowest BCUT2D eigenvalue weighted by atomic mass is 9.87. The lowest BCUT2D eigenvalue weighted by Gasteiger charge is -2.28. The lowest BCUT2D eigenvalue weighted by molar-refractivity contribution is 0.0491. The molecule has 0 bridgehead atoms. The molecular formula is C21H30N6O3. The van der Waals surface area contributed by atoms with Gasteiger partial charge in [0.2, 0.25) is 0 Å². The average molecular weight is 415 g/mol. The minimum atomic E-state index is -0.496. The van der Waals surface area contributed by atoms with E-state index in [4.69, 9.17) is 4.74 Å². The summed E-state index contributed by atoms with van der Waals surface area (Å²) in [6.45, 7) is 9.41. The molecule has 2 heterocycles. The Morgan fingerprint density at radius 1 is 1.23 bits per heavy atom. The summed E-state index contributed by atoms with van der Waals surface area (Å²) < 4.78 is 6.91. The molecule has 2 aromatic rings. The number of amides is 1. The van der Waals surface area contributed by atoms with E-state index in [0.29, 0.717) is 23.0 Å². The summed E-state index contributed by atoms with van der Waals surface area (Å²) >= 11 is 0. The van der Waals surface area contributed by atoms with Crippen LogP contribution in [-0.2, 0) is 4.74 Å². The number of aromatic nitrogens is 4. The molecule has 0 aromatic carbocycles. The van der Waals surface area contributed by atoms with Gasteiger partial charge in [-0.3, -0.25) is 9.36 Å². The second-order valence-corrected chi connectivity index (χ2v) is 8.98. The molecule has 1 amide bonds. The lowest BCUT2D eigenvalue weighted by Crippen LogP contribution is -2.41. The van der Waals surface area contributed by atoms with Gasteiger partial charge in [0.05, 0.1) is 12.4 Å². The van der Waals surface area contributed by atoms with E-state index in [9.17, 15) is 9.59 Å². The van der Waals surface area contributed by atoms with Crippen molar-refractivity contribution < 1.29 is 9.53 Å². The van der Waals surface area contributed by atoms with Crippen LogP contribution in [0.5, 0.6) is 0 Å². The molecule has 0 radical (unpaired) electrons. The summed E-state index contributed by atoms with van der Waals surface area (Å²) in [5.74, 6) is 0.612. The minimum absolute atomic E-state index is 0.0394. The number of nitrogens with zero attached hydrogens (tertiary/aromatic N) is 5. The van der Waals surface area contributed by atoms with Crippen LogP contribution in [0.1, 0.15) is 66.3 Å². The summed E-state index contributed by atoms with van der Waals surface area (Å²) in [6, 6.07) is 0.0791. The molecule has 1 N–H and O–H groups in total. The van der Waals surface area contributed by atoms with Crippen LogP contribution in [0, 0.1) is 5.92 Å². The minimum Gasteiger partial charge on any atom is -0.444 e. The molecule has 0 aliphatic heterocycles. The second kappa shape index (κ2) is 8.89. The van der Waals surface area contributed by atoms with Gasteiger partial charge in [0.15, 0.2) is 5.65 Å². The number of carbonyl (C=O) groups excluding carboxylic acids is 1. The Morgan fingerprint density at radius 3 is 2.57 bits per heavy atom. The van der Waals surface area contributed by atoms with Gasteiger partial charge in [0, 0.05) is 18.3 Å². The molecule has 162 valence electrons. The fourth-order valence-electron chi connectivity index (χ4n) is 3.54. The van der Waals surface area contributed by atoms with Gasteiger partial charge in [-0.25, -0.2) is 19.8 Å². The molecule has 0 saturated heterocycles. The van der Waals surface area contributed by atoms with E-state index < -0.39 is 5.60 Å². The maximum atomic E-state index is 12.1. The quantitative estimate of drug-likeness (QED) is 0.766. The van der Waals surface area contributed by atoms with Crippen LogP contribution < -0.4 is 10.9 Å². The SMILES string of the molecule is CC(C)n1c(=O)cnc2cnc(N=CC3CCC(NC(=O)OC(C)(C)C)CC3)nc21. The van der Waals surface area contributed by atoms with Crippen molar-refractivity contribution in [2.45, 2.75) is 78.0 Å².